The number of carbonyl (C=O) groups excluding carboxylic acids is 2. The molecule has 1 aliphatic carbocycles. The van der Waals surface area contributed by atoms with E-state index in [9.17, 15) is 9.59 Å². The second kappa shape index (κ2) is 10.6. The minimum atomic E-state index is -0.410. The number of nitrogens with two attached hydrogens (primary N) is 1. The third-order valence-electron chi connectivity index (χ3n) is 7.72. The standard InChI is InChI=1S/C29H41N3O3/c1-19-24(28(34)31-22-12-14-35-15-13-22)17-26(32(19)18-20-8-6-5-7-9-20)21-10-11-23(27(30)33)25(16-21)29(2,3)4/h10-11,16-17,20,22H,5-9,12-15,18H2,1-4H3,(H2,30,33)(H,31,34). The number of rotatable bonds is 6. The predicted octanol–water partition coefficient (Wildman–Crippen LogP) is 5.35. The molecule has 2 heterocycles. The quantitative estimate of drug-likeness (QED) is 0.586. The van der Waals surface area contributed by atoms with E-state index in [0.717, 1.165) is 47.5 Å². The van der Waals surface area contributed by atoms with Crippen LogP contribution in [0, 0.1) is 12.8 Å². The van der Waals surface area contributed by atoms with Crippen molar-refractivity contribution in [3.63, 3.8) is 0 Å². The highest BCUT2D eigenvalue weighted by molar-refractivity contribution is 5.98. The zero-order valence-corrected chi connectivity index (χ0v) is 21.8. The molecule has 35 heavy (non-hydrogen) atoms. The summed E-state index contributed by atoms with van der Waals surface area (Å²) in [5, 5.41) is 3.24. The van der Waals surface area contributed by atoms with E-state index < -0.39 is 5.91 Å². The summed E-state index contributed by atoms with van der Waals surface area (Å²) in [5.74, 6) is 0.196. The van der Waals surface area contributed by atoms with Crippen molar-refractivity contribution in [3.8, 4) is 11.3 Å². The van der Waals surface area contributed by atoms with Gasteiger partial charge in [-0.05, 0) is 73.3 Å². The van der Waals surface area contributed by atoms with Crippen molar-refractivity contribution < 1.29 is 14.3 Å². The van der Waals surface area contributed by atoms with Crippen LogP contribution in [0.25, 0.3) is 11.3 Å². The van der Waals surface area contributed by atoms with Gasteiger partial charge < -0.3 is 20.4 Å². The van der Waals surface area contributed by atoms with Crippen molar-refractivity contribution >= 4 is 11.8 Å². The molecule has 6 heteroatoms. The van der Waals surface area contributed by atoms with Crippen molar-refractivity contribution in [1.29, 1.82) is 0 Å². The minimum absolute atomic E-state index is 0.0113. The second-order valence-electron chi connectivity index (χ2n) is 11.4. The number of hydrogen-bond donors (Lipinski definition) is 2. The highest BCUT2D eigenvalue weighted by atomic mass is 16.5. The Bertz CT molecular complexity index is 1070. The van der Waals surface area contributed by atoms with Gasteiger partial charge in [-0.3, -0.25) is 9.59 Å². The zero-order chi connectivity index (χ0) is 25.2. The first-order valence-electron chi connectivity index (χ1n) is 13.2. The highest BCUT2D eigenvalue weighted by Crippen LogP contribution is 2.35. The lowest BCUT2D eigenvalue weighted by atomic mass is 9.82. The average molecular weight is 480 g/mol. The Morgan fingerprint density at radius 3 is 2.34 bits per heavy atom. The minimum Gasteiger partial charge on any atom is -0.381 e. The Hall–Kier alpha value is -2.60. The number of ether oxygens (including phenoxy) is 1. The molecule has 0 atom stereocenters. The van der Waals surface area contributed by atoms with Gasteiger partial charge in [-0.1, -0.05) is 46.1 Å². The van der Waals surface area contributed by atoms with Crippen LogP contribution in [0.5, 0.6) is 0 Å². The van der Waals surface area contributed by atoms with Crippen LogP contribution in [-0.4, -0.2) is 35.6 Å². The maximum absolute atomic E-state index is 13.4. The molecule has 1 saturated carbocycles. The van der Waals surface area contributed by atoms with E-state index in [0.29, 0.717) is 24.7 Å². The Morgan fingerprint density at radius 2 is 1.71 bits per heavy atom. The van der Waals surface area contributed by atoms with Crippen LogP contribution in [0.1, 0.15) is 97.7 Å². The Morgan fingerprint density at radius 1 is 1.03 bits per heavy atom. The number of nitrogens with zero attached hydrogens (tertiary/aromatic N) is 1. The fourth-order valence-electron chi connectivity index (χ4n) is 5.62. The molecule has 0 spiro atoms. The Balaban J connectivity index is 1.75. The van der Waals surface area contributed by atoms with Gasteiger partial charge in [-0.2, -0.15) is 0 Å². The molecule has 2 aliphatic rings. The van der Waals surface area contributed by atoms with Crippen molar-refractivity contribution in [1.82, 2.24) is 9.88 Å². The van der Waals surface area contributed by atoms with Crippen molar-refractivity contribution in [3.05, 3.63) is 46.6 Å². The fraction of sp³-hybridized carbons (Fsp3) is 0.586. The van der Waals surface area contributed by atoms with Crippen molar-refractivity contribution in [2.75, 3.05) is 13.2 Å². The number of aromatic nitrogens is 1. The van der Waals surface area contributed by atoms with E-state index in [2.05, 4.69) is 43.6 Å². The monoisotopic (exact) mass is 479 g/mol. The molecule has 4 rings (SSSR count). The smallest absolute Gasteiger partial charge is 0.253 e. The average Bonchev–Trinajstić information content (AvgIpc) is 3.15. The van der Waals surface area contributed by atoms with Gasteiger partial charge in [0.1, 0.15) is 0 Å². The molecule has 3 N–H and O–H groups in total. The topological polar surface area (TPSA) is 86.3 Å². The second-order valence-corrected chi connectivity index (χ2v) is 11.4. The van der Waals surface area contributed by atoms with Crippen LogP contribution in [0.4, 0.5) is 0 Å². The molecule has 2 aromatic rings. The number of amides is 2. The fourth-order valence-corrected chi connectivity index (χ4v) is 5.62. The largest absolute Gasteiger partial charge is 0.381 e. The van der Waals surface area contributed by atoms with E-state index >= 15 is 0 Å². The molecule has 1 aromatic heterocycles. The Kier molecular flexibility index (Phi) is 7.70. The van der Waals surface area contributed by atoms with Gasteiger partial charge in [-0.25, -0.2) is 0 Å². The Labute approximate surface area is 209 Å². The van der Waals surface area contributed by atoms with Crippen LogP contribution in [0.15, 0.2) is 24.3 Å². The predicted molar refractivity (Wildman–Crippen MR) is 140 cm³/mol. The number of benzene rings is 1. The molecular formula is C29H41N3O3. The van der Waals surface area contributed by atoms with Crippen LogP contribution in [0.2, 0.25) is 0 Å². The summed E-state index contributed by atoms with van der Waals surface area (Å²) in [6, 6.07) is 8.10. The van der Waals surface area contributed by atoms with Gasteiger partial charge in [0.25, 0.3) is 5.91 Å². The SMILES string of the molecule is Cc1c(C(=O)NC2CCOCC2)cc(-c2ccc(C(N)=O)c(C(C)(C)C)c2)n1CC1CCCCC1. The third-order valence-corrected chi connectivity index (χ3v) is 7.72. The normalized spacial score (nSPS) is 17.9. The number of nitrogens with one attached hydrogen (secondary N) is 1. The zero-order valence-electron chi connectivity index (χ0n) is 21.8. The maximum Gasteiger partial charge on any atom is 0.253 e. The molecule has 1 aromatic carbocycles. The highest BCUT2D eigenvalue weighted by Gasteiger charge is 2.26. The van der Waals surface area contributed by atoms with Gasteiger partial charge in [0.2, 0.25) is 5.91 Å². The van der Waals surface area contributed by atoms with Crippen molar-refractivity contribution in [2.45, 2.75) is 90.6 Å². The molecule has 2 amide bonds. The van der Waals surface area contributed by atoms with Gasteiger partial charge in [0.05, 0.1) is 5.56 Å². The number of primary amides is 1. The lowest BCUT2D eigenvalue weighted by Crippen LogP contribution is -2.39. The lowest BCUT2D eigenvalue weighted by molar-refractivity contribution is 0.0696. The molecule has 2 fully saturated rings. The molecule has 0 bridgehead atoms. The molecule has 0 unspecified atom stereocenters. The maximum atomic E-state index is 13.4. The van der Waals surface area contributed by atoms with Gasteiger partial charge >= 0.3 is 0 Å². The van der Waals surface area contributed by atoms with E-state index in [1.807, 2.05) is 18.2 Å². The van der Waals surface area contributed by atoms with Gasteiger partial charge in [-0.15, -0.1) is 0 Å². The van der Waals surface area contributed by atoms with Gasteiger partial charge in [0, 0.05) is 42.8 Å². The first-order chi connectivity index (χ1) is 16.6. The molecule has 1 aliphatic heterocycles. The summed E-state index contributed by atoms with van der Waals surface area (Å²) in [4.78, 5) is 25.5. The summed E-state index contributed by atoms with van der Waals surface area (Å²) in [7, 11) is 0. The summed E-state index contributed by atoms with van der Waals surface area (Å²) in [5.41, 5.74) is 10.7. The van der Waals surface area contributed by atoms with Crippen molar-refractivity contribution in [2.24, 2.45) is 11.7 Å². The molecule has 1 saturated heterocycles. The summed E-state index contributed by atoms with van der Waals surface area (Å²) in [6.07, 6.45) is 8.03. The lowest BCUT2D eigenvalue weighted by Gasteiger charge is -2.26. The summed E-state index contributed by atoms with van der Waals surface area (Å²) >= 11 is 0. The van der Waals surface area contributed by atoms with E-state index in [-0.39, 0.29) is 17.4 Å². The van der Waals surface area contributed by atoms with Crippen LogP contribution >= 0.6 is 0 Å². The van der Waals surface area contributed by atoms with Gasteiger partial charge in [0.15, 0.2) is 0 Å². The third kappa shape index (κ3) is 5.80. The summed E-state index contributed by atoms with van der Waals surface area (Å²) in [6.45, 7) is 10.6. The van der Waals surface area contributed by atoms with E-state index in [1.54, 1.807) is 0 Å². The molecule has 6 nitrogen and oxygen atoms in total. The van der Waals surface area contributed by atoms with Crippen LogP contribution in [0.3, 0.4) is 0 Å². The molecule has 190 valence electrons. The first kappa shape index (κ1) is 25.5. The molecular weight excluding hydrogens is 438 g/mol. The number of carbonyl (C=O) groups is 2. The number of hydrogen-bond acceptors (Lipinski definition) is 3. The summed E-state index contributed by atoms with van der Waals surface area (Å²) < 4.78 is 7.79. The van der Waals surface area contributed by atoms with E-state index in [4.69, 9.17) is 10.5 Å². The van der Waals surface area contributed by atoms with E-state index in [1.165, 1.54) is 32.1 Å². The first-order valence-corrected chi connectivity index (χ1v) is 13.2. The van der Waals surface area contributed by atoms with Crippen LogP contribution < -0.4 is 11.1 Å². The molecule has 0 radical (unpaired) electrons. The van der Waals surface area contributed by atoms with Crippen LogP contribution in [-0.2, 0) is 16.7 Å².